The highest BCUT2D eigenvalue weighted by Crippen LogP contribution is 2.25. The van der Waals surface area contributed by atoms with Gasteiger partial charge in [0.05, 0.1) is 12.2 Å². The van der Waals surface area contributed by atoms with Crippen LogP contribution in [0.15, 0.2) is 0 Å². The van der Waals surface area contributed by atoms with E-state index in [1.165, 1.54) is 6.92 Å². The molecule has 0 aliphatic rings. The summed E-state index contributed by atoms with van der Waals surface area (Å²) < 4.78 is 10.5. The molecule has 118 valence electrons. The average Bonchev–Trinajstić information content (AvgIpc) is 2.81. The van der Waals surface area contributed by atoms with Crippen LogP contribution in [0.25, 0.3) is 0 Å². The smallest absolute Gasteiger partial charge is 0.358 e. The van der Waals surface area contributed by atoms with Crippen molar-refractivity contribution in [3.63, 3.8) is 0 Å². The maximum Gasteiger partial charge on any atom is 0.358 e. The maximum absolute atomic E-state index is 11.8. The molecule has 0 radical (unpaired) electrons. The molecule has 0 spiro atoms. The molecular formula is C14H22N2O4S. The summed E-state index contributed by atoms with van der Waals surface area (Å²) in [4.78, 5) is 27.9. The van der Waals surface area contributed by atoms with Crippen LogP contribution in [0, 0.1) is 0 Å². The monoisotopic (exact) mass is 314 g/mol. The fourth-order valence-corrected chi connectivity index (χ4v) is 2.55. The van der Waals surface area contributed by atoms with Crippen LogP contribution < -0.4 is 5.32 Å². The Morgan fingerprint density at radius 2 is 1.95 bits per heavy atom. The van der Waals surface area contributed by atoms with Crippen molar-refractivity contribution in [3.05, 3.63) is 10.6 Å². The summed E-state index contributed by atoms with van der Waals surface area (Å²) in [6.07, 6.45) is 0. The first kappa shape index (κ1) is 17.6. The molecule has 7 heteroatoms. The second-order valence-electron chi connectivity index (χ2n) is 5.02. The van der Waals surface area contributed by atoms with E-state index in [-0.39, 0.29) is 23.7 Å². The van der Waals surface area contributed by atoms with Crippen LogP contribution in [-0.4, -0.2) is 42.1 Å². The minimum Gasteiger partial charge on any atom is -0.461 e. The Morgan fingerprint density at radius 3 is 2.48 bits per heavy atom. The molecule has 0 aliphatic carbocycles. The predicted octanol–water partition coefficient (Wildman–Crippen LogP) is 2.75. The minimum absolute atomic E-state index is 0.0751. The number of ketones is 1. The standard InChI is InChI=1S/C14H22N2O4S/c1-6-19-12(18)10-11(9(3)17)21-13(16-10)15-8-14(4,5)20-7-2/h6-8H2,1-5H3,(H,15,16). The van der Waals surface area contributed by atoms with Gasteiger partial charge in [-0.05, 0) is 27.7 Å². The van der Waals surface area contributed by atoms with Crippen molar-refractivity contribution in [1.82, 2.24) is 4.98 Å². The minimum atomic E-state index is -0.573. The molecule has 1 aromatic rings. The second kappa shape index (κ2) is 7.51. The first-order valence-electron chi connectivity index (χ1n) is 6.87. The van der Waals surface area contributed by atoms with Gasteiger partial charge in [-0.2, -0.15) is 0 Å². The van der Waals surface area contributed by atoms with Gasteiger partial charge in [-0.15, -0.1) is 0 Å². The van der Waals surface area contributed by atoms with E-state index in [0.29, 0.717) is 23.2 Å². The number of hydrogen-bond donors (Lipinski definition) is 1. The van der Waals surface area contributed by atoms with E-state index in [0.717, 1.165) is 11.3 Å². The Kier molecular flexibility index (Phi) is 6.29. The highest BCUT2D eigenvalue weighted by atomic mass is 32.1. The number of thiazole rings is 1. The van der Waals surface area contributed by atoms with E-state index in [4.69, 9.17) is 9.47 Å². The summed E-state index contributed by atoms with van der Waals surface area (Å²) in [6, 6.07) is 0. The summed E-state index contributed by atoms with van der Waals surface area (Å²) in [6.45, 7) is 10.3. The number of nitrogens with zero attached hydrogens (tertiary/aromatic N) is 1. The molecule has 0 atom stereocenters. The van der Waals surface area contributed by atoms with Crippen LogP contribution in [-0.2, 0) is 9.47 Å². The number of carbonyl (C=O) groups excluding carboxylic acids is 2. The topological polar surface area (TPSA) is 77.5 Å². The molecule has 0 bridgehead atoms. The third kappa shape index (κ3) is 5.09. The Bertz CT molecular complexity index is 511. The van der Waals surface area contributed by atoms with Crippen LogP contribution in [0.4, 0.5) is 5.13 Å². The first-order chi connectivity index (χ1) is 9.80. The number of esters is 1. The van der Waals surface area contributed by atoms with Gasteiger partial charge in [0, 0.05) is 20.1 Å². The van der Waals surface area contributed by atoms with Crippen LogP contribution in [0.1, 0.15) is 54.8 Å². The molecule has 0 saturated heterocycles. The van der Waals surface area contributed by atoms with E-state index >= 15 is 0 Å². The van der Waals surface area contributed by atoms with Gasteiger partial charge in [0.1, 0.15) is 4.88 Å². The fraction of sp³-hybridized carbons (Fsp3) is 0.643. The van der Waals surface area contributed by atoms with Gasteiger partial charge in [-0.1, -0.05) is 11.3 Å². The molecule has 21 heavy (non-hydrogen) atoms. The number of rotatable bonds is 8. The van der Waals surface area contributed by atoms with Gasteiger partial charge in [0.25, 0.3) is 0 Å². The molecule has 1 rings (SSSR count). The number of hydrogen-bond acceptors (Lipinski definition) is 7. The van der Waals surface area contributed by atoms with Gasteiger partial charge in [0.15, 0.2) is 16.6 Å². The van der Waals surface area contributed by atoms with Gasteiger partial charge in [-0.25, -0.2) is 9.78 Å². The number of aromatic nitrogens is 1. The van der Waals surface area contributed by atoms with Crippen LogP contribution in [0.2, 0.25) is 0 Å². The van der Waals surface area contributed by atoms with Crippen molar-refractivity contribution in [2.75, 3.05) is 25.1 Å². The van der Waals surface area contributed by atoms with E-state index in [1.54, 1.807) is 6.92 Å². The Morgan fingerprint density at radius 1 is 1.29 bits per heavy atom. The Hall–Kier alpha value is -1.47. The van der Waals surface area contributed by atoms with Crippen LogP contribution in [0.5, 0.6) is 0 Å². The van der Waals surface area contributed by atoms with Crippen molar-refractivity contribution < 1.29 is 19.1 Å². The van der Waals surface area contributed by atoms with Crippen molar-refractivity contribution in [1.29, 1.82) is 0 Å². The molecular weight excluding hydrogens is 292 g/mol. The highest BCUT2D eigenvalue weighted by Gasteiger charge is 2.24. The fourth-order valence-electron chi connectivity index (χ4n) is 1.70. The zero-order valence-corrected chi connectivity index (χ0v) is 13.9. The summed E-state index contributed by atoms with van der Waals surface area (Å²) in [7, 11) is 0. The van der Waals surface area contributed by atoms with E-state index in [1.807, 2.05) is 20.8 Å². The average molecular weight is 314 g/mol. The third-order valence-electron chi connectivity index (χ3n) is 2.62. The van der Waals surface area contributed by atoms with Gasteiger partial charge in [0.2, 0.25) is 0 Å². The first-order valence-corrected chi connectivity index (χ1v) is 7.69. The molecule has 0 saturated carbocycles. The lowest BCUT2D eigenvalue weighted by molar-refractivity contribution is 0.000692. The molecule has 0 aliphatic heterocycles. The summed E-state index contributed by atoms with van der Waals surface area (Å²) in [5.41, 5.74) is -0.285. The second-order valence-corrected chi connectivity index (χ2v) is 6.02. The van der Waals surface area contributed by atoms with Crippen LogP contribution in [0.3, 0.4) is 0 Å². The zero-order valence-electron chi connectivity index (χ0n) is 13.1. The zero-order chi connectivity index (χ0) is 16.0. The molecule has 1 aromatic heterocycles. The lowest BCUT2D eigenvalue weighted by Gasteiger charge is -2.24. The summed E-state index contributed by atoms with van der Waals surface area (Å²) in [5.74, 6) is -0.774. The molecule has 0 unspecified atom stereocenters. The SMILES string of the molecule is CCOC(=O)c1nc(NCC(C)(C)OCC)sc1C(C)=O. The molecule has 6 nitrogen and oxygen atoms in total. The van der Waals surface area contributed by atoms with Crippen molar-refractivity contribution in [2.45, 2.75) is 40.2 Å². The molecule has 0 amide bonds. The third-order valence-corrected chi connectivity index (χ3v) is 3.73. The van der Waals surface area contributed by atoms with E-state index in [9.17, 15) is 9.59 Å². The Labute approximate surface area is 128 Å². The lowest BCUT2D eigenvalue weighted by atomic mass is 10.1. The van der Waals surface area contributed by atoms with Gasteiger partial charge >= 0.3 is 5.97 Å². The molecule has 0 aromatic carbocycles. The van der Waals surface area contributed by atoms with Gasteiger partial charge < -0.3 is 14.8 Å². The van der Waals surface area contributed by atoms with Crippen LogP contribution >= 0.6 is 11.3 Å². The number of nitrogens with one attached hydrogen (secondary N) is 1. The van der Waals surface area contributed by atoms with Crippen molar-refractivity contribution in [2.24, 2.45) is 0 Å². The van der Waals surface area contributed by atoms with E-state index < -0.39 is 5.97 Å². The van der Waals surface area contributed by atoms with Crippen molar-refractivity contribution in [3.8, 4) is 0 Å². The maximum atomic E-state index is 11.8. The largest absolute Gasteiger partial charge is 0.461 e. The Balaban J connectivity index is 2.88. The normalized spacial score (nSPS) is 11.3. The highest BCUT2D eigenvalue weighted by molar-refractivity contribution is 7.17. The summed E-state index contributed by atoms with van der Waals surface area (Å²) >= 11 is 1.15. The predicted molar refractivity (Wildman–Crippen MR) is 82.3 cm³/mol. The molecule has 1 heterocycles. The van der Waals surface area contributed by atoms with Gasteiger partial charge in [-0.3, -0.25) is 4.79 Å². The molecule has 1 N–H and O–H groups in total. The lowest BCUT2D eigenvalue weighted by Crippen LogP contribution is -2.33. The summed E-state index contributed by atoms with van der Waals surface area (Å²) in [5, 5.41) is 3.62. The number of Topliss-reactive ketones (excluding diaryl/α,β-unsaturated/α-hetero) is 1. The number of anilines is 1. The quantitative estimate of drug-likeness (QED) is 0.587. The van der Waals surface area contributed by atoms with E-state index in [2.05, 4.69) is 10.3 Å². The number of ether oxygens (including phenoxy) is 2. The molecule has 0 fully saturated rings. The number of carbonyl (C=O) groups is 2. The van der Waals surface area contributed by atoms with Crippen molar-refractivity contribution >= 4 is 28.2 Å².